The first-order chi connectivity index (χ1) is 6.74. The van der Waals surface area contributed by atoms with Crippen LogP contribution in [0.25, 0.3) is 10.9 Å². The SMILES string of the molecule is O=Cc1c(F)c2ccccc2[nH]c1=O. The summed E-state index contributed by atoms with van der Waals surface area (Å²) in [6.45, 7) is 0. The zero-order valence-electron chi connectivity index (χ0n) is 7.08. The number of carbonyl (C=O) groups is 1. The molecule has 0 radical (unpaired) electrons. The average molecular weight is 191 g/mol. The number of nitrogens with one attached hydrogen (secondary N) is 1. The normalized spacial score (nSPS) is 10.4. The van der Waals surface area contributed by atoms with Crippen LogP contribution in [0.1, 0.15) is 10.4 Å². The van der Waals surface area contributed by atoms with Gasteiger partial charge in [-0.2, -0.15) is 0 Å². The molecule has 0 aliphatic heterocycles. The van der Waals surface area contributed by atoms with Crippen molar-refractivity contribution >= 4 is 17.2 Å². The van der Waals surface area contributed by atoms with Gasteiger partial charge in [0.1, 0.15) is 11.4 Å². The number of aldehydes is 1. The molecule has 0 saturated heterocycles. The number of halogens is 1. The molecule has 70 valence electrons. The smallest absolute Gasteiger partial charge is 0.262 e. The summed E-state index contributed by atoms with van der Waals surface area (Å²) in [7, 11) is 0. The third-order valence-electron chi connectivity index (χ3n) is 2.01. The molecule has 0 atom stereocenters. The van der Waals surface area contributed by atoms with E-state index in [4.69, 9.17) is 0 Å². The van der Waals surface area contributed by atoms with Crippen molar-refractivity contribution in [2.45, 2.75) is 0 Å². The Kier molecular flexibility index (Phi) is 1.89. The standard InChI is InChI=1S/C10H6FNO2/c11-9-6-3-1-2-4-8(6)12-10(14)7(9)5-13/h1-5H,(H,12,14). The molecule has 4 heteroatoms. The molecular formula is C10H6FNO2. The summed E-state index contributed by atoms with van der Waals surface area (Å²) in [5.41, 5.74) is -0.763. The molecule has 0 unspecified atom stereocenters. The van der Waals surface area contributed by atoms with Gasteiger partial charge in [0.05, 0.1) is 5.52 Å². The minimum atomic E-state index is -0.764. The van der Waals surface area contributed by atoms with Crippen molar-refractivity contribution in [3.05, 3.63) is 46.0 Å². The molecule has 0 fully saturated rings. The number of pyridine rings is 1. The van der Waals surface area contributed by atoms with Gasteiger partial charge in [-0.3, -0.25) is 9.59 Å². The summed E-state index contributed by atoms with van der Waals surface area (Å²) in [6.07, 6.45) is 0.223. The average Bonchev–Trinajstić information content (AvgIpc) is 2.18. The lowest BCUT2D eigenvalue weighted by Gasteiger charge is -1.99. The van der Waals surface area contributed by atoms with Gasteiger partial charge in [0.2, 0.25) is 0 Å². The fourth-order valence-corrected chi connectivity index (χ4v) is 1.32. The van der Waals surface area contributed by atoms with E-state index in [2.05, 4.69) is 4.98 Å². The summed E-state index contributed by atoms with van der Waals surface area (Å²) in [4.78, 5) is 24.0. The van der Waals surface area contributed by atoms with Gasteiger partial charge in [0.25, 0.3) is 5.56 Å². The van der Waals surface area contributed by atoms with Crippen molar-refractivity contribution in [3.63, 3.8) is 0 Å². The first kappa shape index (κ1) is 8.62. The van der Waals surface area contributed by atoms with Gasteiger partial charge < -0.3 is 4.98 Å². The van der Waals surface area contributed by atoms with Crippen LogP contribution in [0.5, 0.6) is 0 Å². The number of hydrogen-bond acceptors (Lipinski definition) is 2. The number of hydrogen-bond donors (Lipinski definition) is 1. The fraction of sp³-hybridized carbons (Fsp3) is 0. The minimum absolute atomic E-state index is 0.223. The number of carbonyl (C=O) groups excluding carboxylic acids is 1. The summed E-state index contributed by atoms with van der Waals surface area (Å²) in [5, 5.41) is 0.245. The van der Waals surface area contributed by atoms with Gasteiger partial charge in [-0.05, 0) is 12.1 Å². The van der Waals surface area contributed by atoms with Gasteiger partial charge in [-0.25, -0.2) is 4.39 Å². The van der Waals surface area contributed by atoms with Gasteiger partial charge >= 0.3 is 0 Å². The second-order valence-electron chi connectivity index (χ2n) is 2.85. The van der Waals surface area contributed by atoms with E-state index >= 15 is 0 Å². The Balaban J connectivity index is 3.00. The van der Waals surface area contributed by atoms with Crippen LogP contribution >= 0.6 is 0 Å². The van der Waals surface area contributed by atoms with Crippen molar-refractivity contribution in [2.75, 3.05) is 0 Å². The number of aromatic amines is 1. The van der Waals surface area contributed by atoms with Crippen LogP contribution in [0.4, 0.5) is 4.39 Å². The molecule has 0 spiro atoms. The highest BCUT2D eigenvalue weighted by Gasteiger charge is 2.10. The molecule has 1 heterocycles. The van der Waals surface area contributed by atoms with Crippen LogP contribution in [0.2, 0.25) is 0 Å². The second kappa shape index (κ2) is 3.06. The first-order valence-corrected chi connectivity index (χ1v) is 3.99. The van der Waals surface area contributed by atoms with Crippen molar-refractivity contribution in [2.24, 2.45) is 0 Å². The van der Waals surface area contributed by atoms with E-state index in [1.807, 2.05) is 0 Å². The third-order valence-corrected chi connectivity index (χ3v) is 2.01. The molecule has 0 saturated carbocycles. The second-order valence-corrected chi connectivity index (χ2v) is 2.85. The molecule has 1 aromatic carbocycles. The maximum absolute atomic E-state index is 13.5. The summed E-state index contributed by atoms with van der Waals surface area (Å²) < 4.78 is 13.5. The van der Waals surface area contributed by atoms with E-state index in [0.717, 1.165) is 0 Å². The quantitative estimate of drug-likeness (QED) is 0.694. The molecule has 3 nitrogen and oxygen atoms in total. The van der Waals surface area contributed by atoms with Crippen LogP contribution in [-0.2, 0) is 0 Å². The fourth-order valence-electron chi connectivity index (χ4n) is 1.32. The Morgan fingerprint density at radius 2 is 2.00 bits per heavy atom. The first-order valence-electron chi connectivity index (χ1n) is 3.99. The van der Waals surface area contributed by atoms with Gasteiger partial charge in [-0.1, -0.05) is 12.1 Å². The van der Waals surface area contributed by atoms with E-state index in [0.29, 0.717) is 5.52 Å². The van der Waals surface area contributed by atoms with Crippen LogP contribution < -0.4 is 5.56 Å². The van der Waals surface area contributed by atoms with Crippen LogP contribution in [0.15, 0.2) is 29.1 Å². The van der Waals surface area contributed by atoms with Crippen molar-refractivity contribution in [3.8, 4) is 0 Å². The molecule has 14 heavy (non-hydrogen) atoms. The predicted octanol–water partition coefficient (Wildman–Crippen LogP) is 1.48. The molecule has 2 rings (SSSR count). The highest BCUT2D eigenvalue weighted by Crippen LogP contribution is 2.14. The zero-order valence-corrected chi connectivity index (χ0v) is 7.08. The van der Waals surface area contributed by atoms with Crippen LogP contribution in [-0.4, -0.2) is 11.3 Å². The lowest BCUT2D eigenvalue weighted by Crippen LogP contribution is -2.14. The molecule has 0 bridgehead atoms. The molecule has 0 aliphatic carbocycles. The highest BCUT2D eigenvalue weighted by atomic mass is 19.1. The summed E-state index contributed by atoms with van der Waals surface area (Å²) >= 11 is 0. The van der Waals surface area contributed by atoms with E-state index in [-0.39, 0.29) is 11.7 Å². The maximum atomic E-state index is 13.5. The number of fused-ring (bicyclic) bond motifs is 1. The summed E-state index contributed by atoms with van der Waals surface area (Å²) in [6, 6.07) is 6.40. The minimum Gasteiger partial charge on any atom is -0.321 e. The van der Waals surface area contributed by atoms with E-state index in [9.17, 15) is 14.0 Å². The lowest BCUT2D eigenvalue weighted by atomic mass is 10.1. The Labute approximate surface area is 78.2 Å². The Morgan fingerprint density at radius 1 is 1.29 bits per heavy atom. The predicted molar refractivity (Wildman–Crippen MR) is 49.9 cm³/mol. The van der Waals surface area contributed by atoms with Gasteiger partial charge in [-0.15, -0.1) is 0 Å². The zero-order chi connectivity index (χ0) is 10.1. The van der Waals surface area contributed by atoms with E-state index in [1.54, 1.807) is 18.2 Å². The number of aromatic nitrogens is 1. The third kappa shape index (κ3) is 1.12. The highest BCUT2D eigenvalue weighted by molar-refractivity contribution is 5.86. The molecular weight excluding hydrogens is 185 g/mol. The van der Waals surface area contributed by atoms with Crippen molar-refractivity contribution < 1.29 is 9.18 Å². The molecule has 2 aromatic rings. The van der Waals surface area contributed by atoms with Crippen LogP contribution in [0.3, 0.4) is 0 Å². The monoisotopic (exact) mass is 191 g/mol. The number of para-hydroxylation sites is 1. The van der Waals surface area contributed by atoms with Gasteiger partial charge in [0.15, 0.2) is 6.29 Å². The Morgan fingerprint density at radius 3 is 2.71 bits per heavy atom. The lowest BCUT2D eigenvalue weighted by molar-refractivity contribution is 0.111. The summed E-state index contributed by atoms with van der Waals surface area (Å²) in [5.74, 6) is -0.764. The van der Waals surface area contributed by atoms with Crippen LogP contribution in [0, 0.1) is 5.82 Å². The number of benzene rings is 1. The number of H-pyrrole nitrogens is 1. The number of rotatable bonds is 1. The molecule has 0 amide bonds. The largest absolute Gasteiger partial charge is 0.321 e. The maximum Gasteiger partial charge on any atom is 0.262 e. The van der Waals surface area contributed by atoms with Gasteiger partial charge in [0, 0.05) is 5.39 Å². The van der Waals surface area contributed by atoms with E-state index in [1.165, 1.54) is 6.07 Å². The van der Waals surface area contributed by atoms with Crippen molar-refractivity contribution in [1.82, 2.24) is 4.98 Å². The van der Waals surface area contributed by atoms with E-state index < -0.39 is 16.9 Å². The molecule has 1 aromatic heterocycles. The Hall–Kier alpha value is -1.97. The molecule has 1 N–H and O–H groups in total. The molecule has 0 aliphatic rings. The van der Waals surface area contributed by atoms with Crippen molar-refractivity contribution in [1.29, 1.82) is 0 Å². The Bertz CT molecular complexity index is 560. The topological polar surface area (TPSA) is 49.9 Å².